The molecular weight excluding hydrogens is 420 g/mol. The van der Waals surface area contributed by atoms with E-state index in [0.717, 1.165) is 38.5 Å². The Morgan fingerprint density at radius 3 is 0.697 bits per heavy atom. The minimum absolute atomic E-state index is 0.410. The SMILES string of the molecule is OCC1(CO)CCCCCCCCCCCCCCCCCCC(CO)(CO)C1(CO)CO. The number of aliphatic hydroxyl groups is 6. The Hall–Kier alpha value is -0.240. The van der Waals surface area contributed by atoms with Gasteiger partial charge in [-0.1, -0.05) is 103 Å². The number of aliphatic hydroxyl groups excluding tert-OH is 6. The van der Waals surface area contributed by atoms with E-state index in [1.807, 2.05) is 0 Å². The van der Waals surface area contributed by atoms with Crippen LogP contribution in [0.5, 0.6) is 0 Å². The Bertz CT molecular complexity index is 420. The minimum atomic E-state index is -1.38. The lowest BCUT2D eigenvalue weighted by atomic mass is 9.49. The molecule has 1 aliphatic rings. The van der Waals surface area contributed by atoms with Gasteiger partial charge in [-0.2, -0.15) is 0 Å². The molecule has 1 saturated carbocycles. The van der Waals surface area contributed by atoms with Gasteiger partial charge in [-0.3, -0.25) is 0 Å². The first-order chi connectivity index (χ1) is 16.1. The molecule has 1 aliphatic carbocycles. The molecule has 0 radical (unpaired) electrons. The molecule has 0 spiro atoms. The number of hydrogen-bond acceptors (Lipinski definition) is 6. The van der Waals surface area contributed by atoms with Crippen LogP contribution in [0.3, 0.4) is 0 Å². The second kappa shape index (κ2) is 17.2. The van der Waals surface area contributed by atoms with Gasteiger partial charge in [0.1, 0.15) is 0 Å². The fourth-order valence-electron chi connectivity index (χ4n) is 6.19. The van der Waals surface area contributed by atoms with Crippen LogP contribution in [0.4, 0.5) is 0 Å². The summed E-state index contributed by atoms with van der Waals surface area (Å²) in [7, 11) is 0. The monoisotopic (exact) mass is 474 g/mol. The Morgan fingerprint density at radius 1 is 0.303 bits per heavy atom. The van der Waals surface area contributed by atoms with Crippen LogP contribution in [0.2, 0.25) is 0 Å². The standard InChI is InChI=1S/C27H54O6/c28-19-25(20-29)17-15-13-11-9-7-5-3-1-2-4-6-8-10-12-14-16-18-26(21-30,22-31)27(25,23-32)24-33/h28-33H,1-24H2. The van der Waals surface area contributed by atoms with Crippen molar-refractivity contribution in [2.45, 2.75) is 116 Å². The highest BCUT2D eigenvalue weighted by atomic mass is 16.3. The summed E-state index contributed by atoms with van der Waals surface area (Å²) < 4.78 is 0. The van der Waals surface area contributed by atoms with E-state index < -0.39 is 55.9 Å². The van der Waals surface area contributed by atoms with Crippen molar-refractivity contribution in [1.29, 1.82) is 0 Å². The molecule has 1 fully saturated rings. The summed E-state index contributed by atoms with van der Waals surface area (Å²) in [6.45, 7) is -2.66. The van der Waals surface area contributed by atoms with Crippen molar-refractivity contribution >= 4 is 0 Å². The smallest absolute Gasteiger partial charge is 0.0523 e. The molecule has 6 nitrogen and oxygen atoms in total. The Kier molecular flexibility index (Phi) is 16.1. The van der Waals surface area contributed by atoms with Gasteiger partial charge < -0.3 is 30.6 Å². The summed E-state index contributed by atoms with van der Waals surface area (Å²) >= 11 is 0. The molecule has 0 amide bonds. The summed E-state index contributed by atoms with van der Waals surface area (Å²) in [5, 5.41) is 63.0. The van der Waals surface area contributed by atoms with Crippen molar-refractivity contribution in [2.24, 2.45) is 16.2 Å². The molecular formula is C27H54O6. The van der Waals surface area contributed by atoms with Gasteiger partial charge in [0.05, 0.1) is 39.6 Å². The molecule has 0 unspecified atom stereocenters. The largest absolute Gasteiger partial charge is 0.396 e. The number of rotatable bonds is 6. The summed E-state index contributed by atoms with van der Waals surface area (Å²) in [5.41, 5.74) is -3.74. The summed E-state index contributed by atoms with van der Waals surface area (Å²) in [4.78, 5) is 0. The Labute approximate surface area is 202 Å². The first-order valence-electron chi connectivity index (χ1n) is 13.7. The van der Waals surface area contributed by atoms with E-state index in [1.54, 1.807) is 0 Å². The van der Waals surface area contributed by atoms with Crippen molar-refractivity contribution in [1.82, 2.24) is 0 Å². The number of hydrogen-bond donors (Lipinski definition) is 6. The van der Waals surface area contributed by atoms with E-state index in [0.29, 0.717) is 12.8 Å². The van der Waals surface area contributed by atoms with Gasteiger partial charge >= 0.3 is 0 Å². The van der Waals surface area contributed by atoms with Crippen LogP contribution >= 0.6 is 0 Å². The fourth-order valence-corrected chi connectivity index (χ4v) is 6.19. The zero-order chi connectivity index (χ0) is 24.5. The maximum absolute atomic E-state index is 10.6. The van der Waals surface area contributed by atoms with E-state index in [4.69, 9.17) is 0 Å². The van der Waals surface area contributed by atoms with Gasteiger partial charge in [0, 0.05) is 16.2 Å². The second-order valence-electron chi connectivity index (χ2n) is 10.7. The van der Waals surface area contributed by atoms with Gasteiger partial charge in [0.2, 0.25) is 0 Å². The highest BCUT2D eigenvalue weighted by Crippen LogP contribution is 2.56. The lowest BCUT2D eigenvalue weighted by Crippen LogP contribution is -2.64. The van der Waals surface area contributed by atoms with Crippen molar-refractivity contribution < 1.29 is 30.6 Å². The highest BCUT2D eigenvalue weighted by molar-refractivity contribution is 5.08. The lowest BCUT2D eigenvalue weighted by molar-refractivity contribution is -0.214. The predicted molar refractivity (Wildman–Crippen MR) is 133 cm³/mol. The molecule has 0 atom stereocenters. The third-order valence-electron chi connectivity index (χ3n) is 8.84. The maximum atomic E-state index is 10.6. The molecule has 33 heavy (non-hydrogen) atoms. The molecule has 6 heteroatoms. The molecule has 1 rings (SSSR count). The molecule has 0 saturated heterocycles. The van der Waals surface area contributed by atoms with Gasteiger partial charge in [0.25, 0.3) is 0 Å². The average molecular weight is 475 g/mol. The van der Waals surface area contributed by atoms with Crippen LogP contribution in [-0.2, 0) is 0 Å². The third-order valence-corrected chi connectivity index (χ3v) is 8.84. The summed E-state index contributed by atoms with van der Waals surface area (Å²) in [6, 6.07) is 0. The van der Waals surface area contributed by atoms with Crippen LogP contribution in [0.15, 0.2) is 0 Å². The van der Waals surface area contributed by atoms with Gasteiger partial charge in [-0.25, -0.2) is 0 Å². The summed E-state index contributed by atoms with van der Waals surface area (Å²) in [6.07, 6.45) is 19.2. The second-order valence-corrected chi connectivity index (χ2v) is 10.7. The normalized spacial score (nSPS) is 24.5. The molecule has 0 heterocycles. The first-order valence-corrected chi connectivity index (χ1v) is 13.7. The van der Waals surface area contributed by atoms with Gasteiger partial charge in [-0.05, 0) is 12.8 Å². The van der Waals surface area contributed by atoms with Crippen molar-refractivity contribution in [3.05, 3.63) is 0 Å². The van der Waals surface area contributed by atoms with Crippen LogP contribution in [0, 0.1) is 16.2 Å². The van der Waals surface area contributed by atoms with Crippen molar-refractivity contribution in [3.63, 3.8) is 0 Å². The molecule has 0 aromatic rings. The molecule has 0 aromatic heterocycles. The molecule has 0 aromatic carbocycles. The van der Waals surface area contributed by atoms with Crippen LogP contribution < -0.4 is 0 Å². The first kappa shape index (κ1) is 30.8. The van der Waals surface area contributed by atoms with Gasteiger partial charge in [0.15, 0.2) is 0 Å². The van der Waals surface area contributed by atoms with E-state index in [-0.39, 0.29) is 0 Å². The van der Waals surface area contributed by atoms with E-state index in [9.17, 15) is 30.6 Å². The average Bonchev–Trinajstić information content (AvgIpc) is 2.85. The third kappa shape index (κ3) is 8.15. The van der Waals surface area contributed by atoms with E-state index in [1.165, 1.54) is 64.2 Å². The summed E-state index contributed by atoms with van der Waals surface area (Å²) in [5.74, 6) is 0. The molecule has 0 bridgehead atoms. The van der Waals surface area contributed by atoms with Crippen molar-refractivity contribution in [3.8, 4) is 0 Å². The van der Waals surface area contributed by atoms with Crippen LogP contribution in [0.1, 0.15) is 116 Å². The fraction of sp³-hybridized carbons (Fsp3) is 1.00. The molecule has 0 aliphatic heterocycles. The van der Waals surface area contributed by atoms with E-state index >= 15 is 0 Å². The Morgan fingerprint density at radius 2 is 0.515 bits per heavy atom. The maximum Gasteiger partial charge on any atom is 0.0523 e. The zero-order valence-electron chi connectivity index (χ0n) is 21.2. The van der Waals surface area contributed by atoms with Crippen LogP contribution in [-0.4, -0.2) is 70.3 Å². The van der Waals surface area contributed by atoms with Crippen molar-refractivity contribution in [2.75, 3.05) is 39.6 Å². The molecule has 6 N–H and O–H groups in total. The highest BCUT2D eigenvalue weighted by Gasteiger charge is 2.61. The zero-order valence-corrected chi connectivity index (χ0v) is 21.2. The quantitative estimate of drug-likeness (QED) is 0.347. The minimum Gasteiger partial charge on any atom is -0.396 e. The predicted octanol–water partition coefficient (Wildman–Crippen LogP) is 3.93. The Balaban J connectivity index is 3.07. The van der Waals surface area contributed by atoms with E-state index in [2.05, 4.69) is 0 Å². The lowest BCUT2D eigenvalue weighted by Gasteiger charge is -2.57. The molecule has 198 valence electrons. The topological polar surface area (TPSA) is 121 Å². The van der Waals surface area contributed by atoms with Crippen LogP contribution in [0.25, 0.3) is 0 Å². The van der Waals surface area contributed by atoms with Gasteiger partial charge in [-0.15, -0.1) is 0 Å².